The van der Waals surface area contributed by atoms with Gasteiger partial charge < -0.3 is 9.88 Å². The molecule has 20 heavy (non-hydrogen) atoms. The van der Waals surface area contributed by atoms with Gasteiger partial charge in [0.2, 0.25) is 10.0 Å². The first-order chi connectivity index (χ1) is 9.32. The molecule has 2 heterocycles. The molecule has 1 aliphatic rings. The molecule has 6 nitrogen and oxygen atoms in total. The van der Waals surface area contributed by atoms with Gasteiger partial charge in [-0.1, -0.05) is 11.6 Å². The Hall–Kier alpha value is -0.890. The molecule has 0 saturated carbocycles. The molecule has 1 aromatic heterocycles. The standard InChI is InChI=1S/C12H18ClN3O3S/c1-15(2)9-3-5-16(6-4-9)20(18,19)10-7-11(13)12(17)14-8-10/h7-9H,3-6H2,1-2H3,(H,14,17). The molecule has 8 heteroatoms. The van der Waals surface area contributed by atoms with Gasteiger partial charge >= 0.3 is 0 Å². The lowest BCUT2D eigenvalue weighted by Crippen LogP contribution is -2.44. The van der Waals surface area contributed by atoms with Gasteiger partial charge in [0, 0.05) is 25.3 Å². The van der Waals surface area contributed by atoms with E-state index in [1.165, 1.54) is 16.6 Å². The van der Waals surface area contributed by atoms with Crippen LogP contribution in [0.25, 0.3) is 0 Å². The van der Waals surface area contributed by atoms with Gasteiger partial charge in [0.05, 0.1) is 4.90 Å². The molecule has 1 fully saturated rings. The summed E-state index contributed by atoms with van der Waals surface area (Å²) in [6, 6.07) is 1.61. The van der Waals surface area contributed by atoms with Crippen LogP contribution in [0.2, 0.25) is 5.02 Å². The Kier molecular flexibility index (Phi) is 4.53. The largest absolute Gasteiger partial charge is 0.326 e. The van der Waals surface area contributed by atoms with Gasteiger partial charge in [-0.15, -0.1) is 0 Å². The summed E-state index contributed by atoms with van der Waals surface area (Å²) in [5.74, 6) is 0. The molecule has 0 bridgehead atoms. The maximum atomic E-state index is 12.5. The molecular formula is C12H18ClN3O3S. The van der Waals surface area contributed by atoms with Crippen molar-refractivity contribution in [3.63, 3.8) is 0 Å². The molecule has 0 spiro atoms. The van der Waals surface area contributed by atoms with Crippen LogP contribution in [0.3, 0.4) is 0 Å². The monoisotopic (exact) mass is 319 g/mol. The van der Waals surface area contributed by atoms with Crippen LogP contribution >= 0.6 is 11.6 Å². The quantitative estimate of drug-likeness (QED) is 0.892. The van der Waals surface area contributed by atoms with Crippen molar-refractivity contribution in [1.82, 2.24) is 14.2 Å². The second kappa shape index (κ2) is 5.85. The van der Waals surface area contributed by atoms with Gasteiger partial charge in [-0.2, -0.15) is 4.31 Å². The van der Waals surface area contributed by atoms with Gasteiger partial charge in [0.1, 0.15) is 5.02 Å². The first-order valence-electron chi connectivity index (χ1n) is 6.37. The topological polar surface area (TPSA) is 73.5 Å². The third-order valence-electron chi connectivity index (χ3n) is 3.62. The van der Waals surface area contributed by atoms with Crippen LogP contribution in [-0.4, -0.2) is 55.8 Å². The average Bonchev–Trinajstić information content (AvgIpc) is 2.41. The van der Waals surface area contributed by atoms with E-state index in [0.29, 0.717) is 19.1 Å². The lowest BCUT2D eigenvalue weighted by atomic mass is 10.1. The highest BCUT2D eigenvalue weighted by Gasteiger charge is 2.30. The zero-order valence-corrected chi connectivity index (χ0v) is 13.0. The van der Waals surface area contributed by atoms with E-state index in [1.807, 2.05) is 14.1 Å². The van der Waals surface area contributed by atoms with Crippen LogP contribution in [0, 0.1) is 0 Å². The Morgan fingerprint density at radius 2 is 1.95 bits per heavy atom. The Morgan fingerprint density at radius 1 is 1.35 bits per heavy atom. The van der Waals surface area contributed by atoms with E-state index in [0.717, 1.165) is 12.8 Å². The van der Waals surface area contributed by atoms with E-state index in [1.54, 1.807) is 0 Å². The molecule has 1 aliphatic heterocycles. The van der Waals surface area contributed by atoms with Crippen LogP contribution in [0.1, 0.15) is 12.8 Å². The second-order valence-electron chi connectivity index (χ2n) is 5.11. The molecule has 0 aromatic carbocycles. The first-order valence-corrected chi connectivity index (χ1v) is 8.19. The van der Waals surface area contributed by atoms with Crippen molar-refractivity contribution in [3.8, 4) is 0 Å². The first kappa shape index (κ1) is 15.5. The maximum Gasteiger partial charge on any atom is 0.266 e. The highest BCUT2D eigenvalue weighted by molar-refractivity contribution is 7.89. The summed E-state index contributed by atoms with van der Waals surface area (Å²) in [5.41, 5.74) is -0.489. The minimum atomic E-state index is -3.59. The summed E-state index contributed by atoms with van der Waals surface area (Å²) in [6.45, 7) is 0.948. The van der Waals surface area contributed by atoms with Crippen molar-refractivity contribution in [2.75, 3.05) is 27.2 Å². The zero-order valence-electron chi connectivity index (χ0n) is 11.5. The Morgan fingerprint density at radius 3 is 2.45 bits per heavy atom. The number of aromatic amines is 1. The summed E-state index contributed by atoms with van der Waals surface area (Å²) in [4.78, 5) is 15.7. The lowest BCUT2D eigenvalue weighted by Gasteiger charge is -2.34. The number of sulfonamides is 1. The Balaban J connectivity index is 2.19. The van der Waals surface area contributed by atoms with E-state index < -0.39 is 15.6 Å². The van der Waals surface area contributed by atoms with Crippen molar-refractivity contribution in [2.45, 2.75) is 23.8 Å². The number of hydrogen-bond donors (Lipinski definition) is 1. The molecule has 1 saturated heterocycles. The zero-order chi connectivity index (χ0) is 14.9. The molecular weight excluding hydrogens is 302 g/mol. The number of hydrogen-bond acceptors (Lipinski definition) is 4. The number of halogens is 1. The number of pyridine rings is 1. The number of aromatic nitrogens is 1. The van der Waals surface area contributed by atoms with E-state index in [2.05, 4.69) is 9.88 Å². The molecule has 0 unspecified atom stereocenters. The molecule has 112 valence electrons. The Labute approximate surface area is 123 Å². The van der Waals surface area contributed by atoms with Crippen molar-refractivity contribution in [2.24, 2.45) is 0 Å². The van der Waals surface area contributed by atoms with Crippen LogP contribution in [0.4, 0.5) is 0 Å². The van der Waals surface area contributed by atoms with Crippen LogP contribution < -0.4 is 5.56 Å². The van der Waals surface area contributed by atoms with E-state index in [9.17, 15) is 13.2 Å². The number of nitrogens with one attached hydrogen (secondary N) is 1. The van der Waals surface area contributed by atoms with E-state index in [-0.39, 0.29) is 9.92 Å². The predicted octanol–water partition coefficient (Wildman–Crippen LogP) is 0.743. The molecule has 1 aromatic rings. The highest BCUT2D eigenvalue weighted by Crippen LogP contribution is 2.22. The summed E-state index contributed by atoms with van der Waals surface area (Å²) >= 11 is 5.69. The highest BCUT2D eigenvalue weighted by atomic mass is 35.5. The molecule has 2 rings (SSSR count). The number of H-pyrrole nitrogens is 1. The van der Waals surface area contributed by atoms with Crippen molar-refractivity contribution in [3.05, 3.63) is 27.6 Å². The lowest BCUT2D eigenvalue weighted by molar-refractivity contribution is 0.196. The average molecular weight is 320 g/mol. The van der Waals surface area contributed by atoms with Crippen LogP contribution in [0.15, 0.2) is 22.0 Å². The van der Waals surface area contributed by atoms with Gasteiger partial charge in [-0.25, -0.2) is 8.42 Å². The smallest absolute Gasteiger partial charge is 0.266 e. The normalized spacial score (nSPS) is 18.6. The molecule has 1 N–H and O–H groups in total. The molecule has 0 aliphatic carbocycles. The van der Waals surface area contributed by atoms with E-state index in [4.69, 9.17) is 11.6 Å². The summed E-state index contributed by atoms with van der Waals surface area (Å²) < 4.78 is 26.4. The van der Waals surface area contributed by atoms with Crippen LogP contribution in [0.5, 0.6) is 0 Å². The summed E-state index contributed by atoms with van der Waals surface area (Å²) in [5, 5.41) is -0.116. The number of piperidine rings is 1. The summed E-state index contributed by atoms with van der Waals surface area (Å²) in [7, 11) is 0.403. The van der Waals surface area contributed by atoms with Gasteiger partial charge in [0.15, 0.2) is 0 Å². The number of rotatable bonds is 3. The minimum Gasteiger partial charge on any atom is -0.326 e. The predicted molar refractivity (Wildman–Crippen MR) is 77.5 cm³/mol. The third kappa shape index (κ3) is 3.06. The van der Waals surface area contributed by atoms with Gasteiger partial charge in [-0.05, 0) is 33.0 Å². The molecule has 0 radical (unpaired) electrons. The maximum absolute atomic E-state index is 12.5. The van der Waals surface area contributed by atoms with Crippen molar-refractivity contribution >= 4 is 21.6 Å². The second-order valence-corrected chi connectivity index (χ2v) is 7.46. The fourth-order valence-electron chi connectivity index (χ4n) is 2.33. The number of nitrogens with zero attached hydrogens (tertiary/aromatic N) is 2. The fraction of sp³-hybridized carbons (Fsp3) is 0.583. The van der Waals surface area contributed by atoms with Gasteiger partial charge in [0.25, 0.3) is 5.56 Å². The Bertz CT molecular complexity index is 634. The molecule has 0 amide bonds. The van der Waals surface area contributed by atoms with Crippen molar-refractivity contribution < 1.29 is 8.42 Å². The molecule has 0 atom stereocenters. The van der Waals surface area contributed by atoms with Crippen molar-refractivity contribution in [1.29, 1.82) is 0 Å². The summed E-state index contributed by atoms with van der Waals surface area (Å²) in [6.07, 6.45) is 2.79. The SMILES string of the molecule is CN(C)C1CCN(S(=O)(=O)c2c[nH]c(=O)c(Cl)c2)CC1. The van der Waals surface area contributed by atoms with Gasteiger partial charge in [-0.3, -0.25) is 4.79 Å². The van der Waals surface area contributed by atoms with E-state index >= 15 is 0 Å². The third-order valence-corrected chi connectivity index (χ3v) is 5.78. The fourth-order valence-corrected chi connectivity index (χ4v) is 4.04. The minimum absolute atomic E-state index is 0.0328. The van der Waals surface area contributed by atoms with Crippen LogP contribution in [-0.2, 0) is 10.0 Å².